The Bertz CT molecular complexity index is 1090. The van der Waals surface area contributed by atoms with Gasteiger partial charge in [-0.25, -0.2) is 9.97 Å². The molecule has 2 heterocycles. The van der Waals surface area contributed by atoms with Crippen molar-refractivity contribution in [2.24, 2.45) is 0 Å². The zero-order valence-corrected chi connectivity index (χ0v) is 19.0. The summed E-state index contributed by atoms with van der Waals surface area (Å²) in [6, 6.07) is 7.62. The van der Waals surface area contributed by atoms with E-state index in [1.54, 1.807) is 4.90 Å². The molecule has 0 bridgehead atoms. The number of amides is 2. The van der Waals surface area contributed by atoms with E-state index in [0.717, 1.165) is 51.4 Å². The summed E-state index contributed by atoms with van der Waals surface area (Å²) in [5, 5.41) is 3.86. The fraction of sp³-hybridized carbons (Fsp3) is 0.391. The lowest BCUT2D eigenvalue weighted by atomic mass is 10.1. The van der Waals surface area contributed by atoms with Crippen molar-refractivity contribution < 1.29 is 9.59 Å². The van der Waals surface area contributed by atoms with E-state index in [1.165, 1.54) is 11.3 Å². The first-order valence-electron chi connectivity index (χ1n) is 10.3. The van der Waals surface area contributed by atoms with Crippen LogP contribution >= 0.6 is 11.3 Å². The summed E-state index contributed by atoms with van der Waals surface area (Å²) in [4.78, 5) is 38.2. The molecule has 0 radical (unpaired) electrons. The van der Waals surface area contributed by atoms with Gasteiger partial charge in [0.05, 0.1) is 4.88 Å². The van der Waals surface area contributed by atoms with Crippen LogP contribution in [0, 0.1) is 20.8 Å². The number of hydrogen-bond donors (Lipinski definition) is 1. The average molecular weight is 425 g/mol. The zero-order chi connectivity index (χ0) is 21.8. The van der Waals surface area contributed by atoms with Crippen LogP contribution in [0.25, 0.3) is 10.2 Å². The minimum Gasteiger partial charge on any atom is -0.329 e. The number of anilines is 1. The Kier molecular flexibility index (Phi) is 6.82. The summed E-state index contributed by atoms with van der Waals surface area (Å²) in [5.74, 6) is 0.451. The number of nitrogens with zero attached hydrogens (tertiary/aromatic N) is 3. The number of fused-ring (bicyclic) bond motifs is 1. The number of rotatable bonds is 7. The van der Waals surface area contributed by atoms with Crippen LogP contribution < -0.4 is 5.32 Å². The summed E-state index contributed by atoms with van der Waals surface area (Å²) in [6.45, 7) is 10.4. The van der Waals surface area contributed by atoms with Crippen molar-refractivity contribution in [1.82, 2.24) is 14.9 Å². The molecule has 0 atom stereocenters. The van der Waals surface area contributed by atoms with Gasteiger partial charge in [0.1, 0.15) is 17.2 Å². The van der Waals surface area contributed by atoms with E-state index in [9.17, 15) is 9.59 Å². The van der Waals surface area contributed by atoms with E-state index in [2.05, 4.69) is 15.3 Å². The molecule has 0 saturated heterocycles. The van der Waals surface area contributed by atoms with Crippen molar-refractivity contribution >= 4 is 39.1 Å². The largest absolute Gasteiger partial charge is 0.329 e. The predicted molar refractivity (Wildman–Crippen MR) is 122 cm³/mol. The van der Waals surface area contributed by atoms with Crippen LogP contribution in [0.4, 0.5) is 5.69 Å². The normalized spacial score (nSPS) is 11.0. The third-order valence-corrected chi connectivity index (χ3v) is 6.24. The molecule has 1 N–H and O–H groups in total. The van der Waals surface area contributed by atoms with E-state index in [4.69, 9.17) is 0 Å². The second-order valence-electron chi connectivity index (χ2n) is 7.40. The second kappa shape index (κ2) is 9.34. The molecular weight excluding hydrogens is 396 g/mol. The van der Waals surface area contributed by atoms with Gasteiger partial charge in [-0.15, -0.1) is 11.3 Å². The average Bonchev–Trinajstić information content (AvgIpc) is 3.05. The van der Waals surface area contributed by atoms with Crippen molar-refractivity contribution in [2.75, 3.05) is 18.4 Å². The third kappa shape index (κ3) is 4.51. The van der Waals surface area contributed by atoms with Crippen LogP contribution in [0.5, 0.6) is 0 Å². The van der Waals surface area contributed by atoms with Crippen molar-refractivity contribution in [1.29, 1.82) is 0 Å². The molecule has 30 heavy (non-hydrogen) atoms. The molecule has 0 fully saturated rings. The van der Waals surface area contributed by atoms with Crippen LogP contribution in [-0.4, -0.2) is 39.8 Å². The molecule has 6 nitrogen and oxygen atoms in total. The number of hydrogen-bond acceptors (Lipinski definition) is 5. The van der Waals surface area contributed by atoms with E-state index in [0.29, 0.717) is 11.4 Å². The molecule has 158 valence electrons. The Morgan fingerprint density at radius 1 is 1.10 bits per heavy atom. The lowest BCUT2D eigenvalue weighted by Crippen LogP contribution is -2.38. The molecule has 0 unspecified atom stereocenters. The highest BCUT2D eigenvalue weighted by atomic mass is 32.1. The van der Waals surface area contributed by atoms with Crippen molar-refractivity contribution in [3.63, 3.8) is 0 Å². The first-order chi connectivity index (χ1) is 14.3. The van der Waals surface area contributed by atoms with Gasteiger partial charge < -0.3 is 10.2 Å². The number of nitrogens with one attached hydrogen (secondary N) is 1. The first kappa shape index (κ1) is 21.9. The zero-order valence-electron chi connectivity index (χ0n) is 18.2. The van der Waals surface area contributed by atoms with Gasteiger partial charge in [0, 0.05) is 29.7 Å². The summed E-state index contributed by atoms with van der Waals surface area (Å²) >= 11 is 1.39. The summed E-state index contributed by atoms with van der Waals surface area (Å²) < 4.78 is 0. The maximum atomic E-state index is 13.4. The van der Waals surface area contributed by atoms with E-state index < -0.39 is 0 Å². The number of benzene rings is 1. The monoisotopic (exact) mass is 424 g/mol. The molecule has 0 aliphatic carbocycles. The maximum Gasteiger partial charge on any atom is 0.264 e. The molecule has 2 amide bonds. The highest BCUT2D eigenvalue weighted by molar-refractivity contribution is 7.20. The van der Waals surface area contributed by atoms with Crippen LogP contribution in [0.2, 0.25) is 0 Å². The number of aryl methyl sites for hydroxylation is 4. The lowest BCUT2D eigenvalue weighted by Gasteiger charge is -2.21. The van der Waals surface area contributed by atoms with Gasteiger partial charge in [0.2, 0.25) is 5.91 Å². The smallest absolute Gasteiger partial charge is 0.264 e. The molecule has 2 aromatic heterocycles. The summed E-state index contributed by atoms with van der Waals surface area (Å²) in [5.41, 5.74) is 3.53. The van der Waals surface area contributed by atoms with Gasteiger partial charge in [0.25, 0.3) is 5.91 Å². The van der Waals surface area contributed by atoms with Gasteiger partial charge in [-0.05, 0) is 44.4 Å². The Hall–Kier alpha value is -2.80. The number of para-hydroxylation sites is 1. The quantitative estimate of drug-likeness (QED) is 0.598. The molecule has 0 spiro atoms. The minimum atomic E-state index is -0.200. The van der Waals surface area contributed by atoms with Gasteiger partial charge in [0.15, 0.2) is 0 Å². The standard InChI is InChI=1S/C23H28N4O2S/c1-6-12-27(13-19(28)25-17-11-9-8-10-14(17)3)23(29)21-15(4)20-16(5)24-18(7-2)26-22(20)30-21/h8-11H,6-7,12-13H2,1-5H3,(H,25,28). The van der Waals surface area contributed by atoms with Crippen LogP contribution in [0.1, 0.15) is 52.6 Å². The number of thiophene rings is 1. The molecule has 0 aliphatic rings. The molecular formula is C23H28N4O2S. The predicted octanol–water partition coefficient (Wildman–Crippen LogP) is 4.67. The van der Waals surface area contributed by atoms with Crippen LogP contribution in [0.15, 0.2) is 24.3 Å². The third-order valence-electron chi connectivity index (χ3n) is 5.06. The highest BCUT2D eigenvalue weighted by Gasteiger charge is 2.24. The Morgan fingerprint density at radius 2 is 1.83 bits per heavy atom. The van der Waals surface area contributed by atoms with E-state index in [1.807, 2.05) is 58.9 Å². The Morgan fingerprint density at radius 3 is 2.50 bits per heavy atom. The number of carbonyl (C=O) groups is 2. The SMILES string of the molecule is CCCN(CC(=O)Nc1ccccc1C)C(=O)c1sc2nc(CC)nc(C)c2c1C. The lowest BCUT2D eigenvalue weighted by molar-refractivity contribution is -0.116. The van der Waals surface area contributed by atoms with Gasteiger partial charge >= 0.3 is 0 Å². The fourth-order valence-corrected chi connectivity index (χ4v) is 4.72. The number of aromatic nitrogens is 2. The Balaban J connectivity index is 1.86. The molecule has 1 aromatic carbocycles. The second-order valence-corrected chi connectivity index (χ2v) is 8.40. The molecule has 0 saturated carbocycles. The van der Waals surface area contributed by atoms with Gasteiger partial charge in [-0.2, -0.15) is 0 Å². The topological polar surface area (TPSA) is 75.2 Å². The van der Waals surface area contributed by atoms with Crippen molar-refractivity contribution in [2.45, 2.75) is 47.5 Å². The minimum absolute atomic E-state index is 0.0135. The molecule has 3 aromatic rings. The molecule has 3 rings (SSSR count). The molecule has 7 heteroatoms. The van der Waals surface area contributed by atoms with Crippen LogP contribution in [0.3, 0.4) is 0 Å². The Labute approximate surface area is 181 Å². The van der Waals surface area contributed by atoms with E-state index >= 15 is 0 Å². The van der Waals surface area contributed by atoms with Gasteiger partial charge in [-0.1, -0.05) is 32.0 Å². The first-order valence-corrected chi connectivity index (χ1v) is 11.1. The van der Waals surface area contributed by atoms with Crippen LogP contribution in [-0.2, 0) is 11.2 Å². The maximum absolute atomic E-state index is 13.4. The highest BCUT2D eigenvalue weighted by Crippen LogP contribution is 2.32. The van der Waals surface area contributed by atoms with Crippen molar-refractivity contribution in [3.8, 4) is 0 Å². The molecule has 0 aliphatic heterocycles. The summed E-state index contributed by atoms with van der Waals surface area (Å²) in [6.07, 6.45) is 1.52. The number of carbonyl (C=O) groups excluding carboxylic acids is 2. The van der Waals surface area contributed by atoms with Crippen molar-refractivity contribution in [3.05, 3.63) is 51.8 Å². The fourth-order valence-electron chi connectivity index (χ4n) is 3.50. The van der Waals surface area contributed by atoms with Gasteiger partial charge in [-0.3, -0.25) is 9.59 Å². The summed E-state index contributed by atoms with van der Waals surface area (Å²) in [7, 11) is 0. The van der Waals surface area contributed by atoms with E-state index in [-0.39, 0.29) is 18.4 Å².